The molecule has 0 unspecified atom stereocenters. The minimum absolute atomic E-state index is 0.0188. The van der Waals surface area contributed by atoms with E-state index in [0.717, 1.165) is 0 Å². The zero-order chi connectivity index (χ0) is 20.1. The molecule has 0 amide bonds. The molecule has 7 nitrogen and oxygen atoms in total. The summed E-state index contributed by atoms with van der Waals surface area (Å²) in [5.41, 5.74) is 0.782. The number of hydrogen-bond acceptors (Lipinski definition) is 7. The molecule has 0 fully saturated rings. The second-order valence-corrected chi connectivity index (χ2v) is 6.05. The molecular weight excluding hydrogens is 362 g/mol. The number of ether oxygens (including phenoxy) is 3. The number of carbonyl (C=O) groups excluding carboxylic acids is 3. The van der Waals surface area contributed by atoms with Gasteiger partial charge in [0.15, 0.2) is 18.3 Å². The van der Waals surface area contributed by atoms with Crippen molar-refractivity contribution in [2.45, 2.75) is 13.0 Å². The van der Waals surface area contributed by atoms with Crippen LogP contribution in [0.4, 0.5) is 5.69 Å². The largest absolute Gasteiger partial charge is 0.497 e. The fraction of sp³-hybridized carbons (Fsp3) is 0.190. The van der Waals surface area contributed by atoms with Crippen molar-refractivity contribution in [3.05, 3.63) is 71.6 Å². The second-order valence-electron chi connectivity index (χ2n) is 6.05. The Bertz CT molecular complexity index is 918. The van der Waals surface area contributed by atoms with Crippen LogP contribution < -0.4 is 10.1 Å². The average Bonchev–Trinajstić information content (AvgIpc) is 3.08. The molecule has 28 heavy (non-hydrogen) atoms. The highest BCUT2D eigenvalue weighted by Crippen LogP contribution is 2.22. The number of para-hydroxylation sites is 1. The number of ketones is 2. The van der Waals surface area contributed by atoms with Crippen LogP contribution in [0.15, 0.2) is 66.1 Å². The van der Waals surface area contributed by atoms with Crippen LogP contribution in [0, 0.1) is 0 Å². The van der Waals surface area contributed by atoms with Crippen LogP contribution in [-0.4, -0.2) is 37.4 Å². The first-order valence-electron chi connectivity index (χ1n) is 8.61. The molecular formula is C21H19NO6. The predicted molar refractivity (Wildman–Crippen MR) is 101 cm³/mol. The number of methoxy groups -OCH3 is 1. The second kappa shape index (κ2) is 8.39. The molecule has 0 saturated heterocycles. The van der Waals surface area contributed by atoms with Gasteiger partial charge in [-0.3, -0.25) is 9.59 Å². The summed E-state index contributed by atoms with van der Waals surface area (Å²) in [5, 5.41) is 2.89. The SMILES string of the molecule is COc1ccc(C(=O)[C@@H](C)OC(=O)C2=C(Nc3ccccc3)OCC2=O)cc1. The van der Waals surface area contributed by atoms with Crippen molar-refractivity contribution in [3.63, 3.8) is 0 Å². The van der Waals surface area contributed by atoms with Crippen LogP contribution in [-0.2, 0) is 19.1 Å². The van der Waals surface area contributed by atoms with Gasteiger partial charge in [0.25, 0.3) is 0 Å². The maximum Gasteiger partial charge on any atom is 0.348 e. The van der Waals surface area contributed by atoms with E-state index in [9.17, 15) is 14.4 Å². The lowest BCUT2D eigenvalue weighted by atomic mass is 10.1. The van der Waals surface area contributed by atoms with E-state index in [-0.39, 0.29) is 23.8 Å². The molecule has 0 aromatic heterocycles. The van der Waals surface area contributed by atoms with E-state index in [2.05, 4.69) is 5.32 Å². The molecule has 1 atom stereocenters. The zero-order valence-corrected chi connectivity index (χ0v) is 15.4. The Morgan fingerprint density at radius 3 is 2.39 bits per heavy atom. The standard InChI is InChI=1S/C21H19NO6/c1-13(19(24)14-8-10-16(26-2)11-9-14)28-21(25)18-17(23)12-27-20(18)22-15-6-4-3-5-7-15/h3-11,13,22H,12H2,1-2H3/t13-/m1/s1. The van der Waals surface area contributed by atoms with Crippen molar-refractivity contribution < 1.29 is 28.6 Å². The van der Waals surface area contributed by atoms with Crippen LogP contribution >= 0.6 is 0 Å². The van der Waals surface area contributed by atoms with E-state index in [0.29, 0.717) is 17.0 Å². The monoisotopic (exact) mass is 381 g/mol. The quantitative estimate of drug-likeness (QED) is 0.448. The summed E-state index contributed by atoms with van der Waals surface area (Å²) in [6.07, 6.45) is -1.07. The maximum absolute atomic E-state index is 12.5. The number of esters is 1. The van der Waals surface area contributed by atoms with E-state index in [4.69, 9.17) is 14.2 Å². The minimum atomic E-state index is -1.07. The van der Waals surface area contributed by atoms with Crippen LogP contribution in [0.1, 0.15) is 17.3 Å². The topological polar surface area (TPSA) is 90.9 Å². The highest BCUT2D eigenvalue weighted by Gasteiger charge is 2.34. The summed E-state index contributed by atoms with van der Waals surface area (Å²) in [6.45, 7) is 1.19. The summed E-state index contributed by atoms with van der Waals surface area (Å²) in [6, 6.07) is 15.4. The normalized spacial score (nSPS) is 14.3. The summed E-state index contributed by atoms with van der Waals surface area (Å²) in [5.74, 6) is -1.18. The number of benzene rings is 2. The van der Waals surface area contributed by atoms with Gasteiger partial charge >= 0.3 is 5.97 Å². The maximum atomic E-state index is 12.5. The Balaban J connectivity index is 1.73. The van der Waals surface area contributed by atoms with Gasteiger partial charge in [-0.1, -0.05) is 18.2 Å². The minimum Gasteiger partial charge on any atom is -0.497 e. The Labute approximate surface area is 161 Å². The fourth-order valence-corrected chi connectivity index (χ4v) is 2.63. The van der Waals surface area contributed by atoms with E-state index < -0.39 is 17.9 Å². The van der Waals surface area contributed by atoms with Crippen molar-refractivity contribution in [1.82, 2.24) is 0 Å². The first kappa shape index (κ1) is 19.2. The zero-order valence-electron chi connectivity index (χ0n) is 15.4. The first-order chi connectivity index (χ1) is 13.5. The molecule has 3 rings (SSSR count). The highest BCUT2D eigenvalue weighted by atomic mass is 16.6. The van der Waals surface area contributed by atoms with Gasteiger partial charge in [0.2, 0.25) is 17.4 Å². The molecule has 0 bridgehead atoms. The van der Waals surface area contributed by atoms with Crippen molar-refractivity contribution in [2.24, 2.45) is 0 Å². The third kappa shape index (κ3) is 4.20. The molecule has 1 aliphatic rings. The number of nitrogens with one attached hydrogen (secondary N) is 1. The van der Waals surface area contributed by atoms with Gasteiger partial charge in [-0.15, -0.1) is 0 Å². The third-order valence-corrected chi connectivity index (χ3v) is 4.12. The average molecular weight is 381 g/mol. The molecule has 2 aromatic rings. The molecule has 0 radical (unpaired) electrons. The van der Waals surface area contributed by atoms with Gasteiger partial charge in [0.05, 0.1) is 7.11 Å². The number of Topliss-reactive ketones (excluding diaryl/α,β-unsaturated/α-hetero) is 2. The van der Waals surface area contributed by atoms with Gasteiger partial charge in [-0.05, 0) is 43.3 Å². The van der Waals surface area contributed by atoms with Gasteiger partial charge in [-0.2, -0.15) is 0 Å². The Kier molecular flexibility index (Phi) is 5.74. The lowest BCUT2D eigenvalue weighted by Gasteiger charge is -2.13. The van der Waals surface area contributed by atoms with Crippen molar-refractivity contribution in [3.8, 4) is 5.75 Å². The van der Waals surface area contributed by atoms with E-state index >= 15 is 0 Å². The van der Waals surface area contributed by atoms with Gasteiger partial charge in [0.1, 0.15) is 5.75 Å². The lowest BCUT2D eigenvalue weighted by Crippen LogP contribution is -2.27. The number of carbonyl (C=O) groups is 3. The number of anilines is 1. The molecule has 0 saturated carbocycles. The highest BCUT2D eigenvalue weighted by molar-refractivity contribution is 6.20. The Morgan fingerprint density at radius 2 is 1.75 bits per heavy atom. The third-order valence-electron chi connectivity index (χ3n) is 4.12. The summed E-state index contributed by atoms with van der Waals surface area (Å²) in [7, 11) is 1.52. The number of rotatable bonds is 7. The molecule has 1 aliphatic heterocycles. The van der Waals surface area contributed by atoms with Crippen LogP contribution in [0.25, 0.3) is 0 Å². The molecule has 0 aliphatic carbocycles. The van der Waals surface area contributed by atoms with E-state index in [1.807, 2.05) is 6.07 Å². The lowest BCUT2D eigenvalue weighted by molar-refractivity contribution is -0.142. The van der Waals surface area contributed by atoms with Crippen molar-refractivity contribution in [1.29, 1.82) is 0 Å². The first-order valence-corrected chi connectivity index (χ1v) is 8.61. The van der Waals surface area contributed by atoms with Crippen LogP contribution in [0.3, 0.4) is 0 Å². The van der Waals surface area contributed by atoms with Gasteiger partial charge in [-0.25, -0.2) is 4.79 Å². The summed E-state index contributed by atoms with van der Waals surface area (Å²) >= 11 is 0. The Hall–Kier alpha value is -3.61. The van der Waals surface area contributed by atoms with Crippen LogP contribution in [0.2, 0.25) is 0 Å². The fourth-order valence-electron chi connectivity index (χ4n) is 2.63. The van der Waals surface area contributed by atoms with E-state index in [1.165, 1.54) is 14.0 Å². The summed E-state index contributed by atoms with van der Waals surface area (Å²) < 4.78 is 15.6. The van der Waals surface area contributed by atoms with Crippen LogP contribution in [0.5, 0.6) is 5.75 Å². The molecule has 0 spiro atoms. The predicted octanol–water partition coefficient (Wildman–Crippen LogP) is 2.73. The molecule has 1 N–H and O–H groups in total. The molecule has 2 aromatic carbocycles. The van der Waals surface area contributed by atoms with E-state index in [1.54, 1.807) is 48.5 Å². The summed E-state index contributed by atoms with van der Waals surface area (Å²) in [4.78, 5) is 37.1. The van der Waals surface area contributed by atoms with Crippen molar-refractivity contribution >= 4 is 23.2 Å². The molecule has 7 heteroatoms. The smallest absolute Gasteiger partial charge is 0.348 e. The molecule has 1 heterocycles. The Morgan fingerprint density at radius 1 is 1.07 bits per heavy atom. The van der Waals surface area contributed by atoms with Crippen molar-refractivity contribution in [2.75, 3.05) is 19.0 Å². The number of hydrogen-bond donors (Lipinski definition) is 1. The van der Waals surface area contributed by atoms with Gasteiger partial charge in [0, 0.05) is 11.3 Å². The molecule has 144 valence electrons. The van der Waals surface area contributed by atoms with Gasteiger partial charge < -0.3 is 19.5 Å².